The molecule has 1 amide bonds. The molecule has 1 aromatic rings. The second-order valence-corrected chi connectivity index (χ2v) is 3.25. The highest BCUT2D eigenvalue weighted by atomic mass is 16.5. The van der Waals surface area contributed by atoms with Gasteiger partial charge in [-0.15, -0.1) is 0 Å². The van der Waals surface area contributed by atoms with Gasteiger partial charge >= 0.3 is 0 Å². The number of morpholine rings is 1. The summed E-state index contributed by atoms with van der Waals surface area (Å²) in [7, 11) is 0. The number of H-pyrrole nitrogens is 1. The number of hydrogen-bond donors (Lipinski definition) is 1. The molecule has 0 bridgehead atoms. The fourth-order valence-electron chi connectivity index (χ4n) is 1.47. The van der Waals surface area contributed by atoms with Gasteiger partial charge in [0.2, 0.25) is 5.91 Å². The van der Waals surface area contributed by atoms with Gasteiger partial charge in [-0.05, 0) is 6.07 Å². The number of carbonyl (C=O) groups is 1. The van der Waals surface area contributed by atoms with Crippen molar-refractivity contribution in [3.8, 4) is 0 Å². The highest BCUT2D eigenvalue weighted by Gasteiger charge is 2.16. The van der Waals surface area contributed by atoms with Crippen molar-refractivity contribution in [2.45, 2.75) is 6.42 Å². The molecule has 5 nitrogen and oxygen atoms in total. The maximum Gasteiger partial charge on any atom is 0.228 e. The first kappa shape index (κ1) is 9.21. The Morgan fingerprint density at radius 1 is 1.57 bits per heavy atom. The Morgan fingerprint density at radius 3 is 3.00 bits per heavy atom. The fraction of sp³-hybridized carbons (Fsp3) is 0.556. The molecular formula is C9H13N3O2. The maximum atomic E-state index is 11.7. The third-order valence-electron chi connectivity index (χ3n) is 2.26. The lowest BCUT2D eigenvalue weighted by Crippen LogP contribution is -2.41. The van der Waals surface area contributed by atoms with E-state index in [1.54, 1.807) is 6.20 Å². The summed E-state index contributed by atoms with van der Waals surface area (Å²) in [6, 6.07) is 1.82. The largest absolute Gasteiger partial charge is 0.378 e. The van der Waals surface area contributed by atoms with Crippen molar-refractivity contribution in [3.63, 3.8) is 0 Å². The van der Waals surface area contributed by atoms with Gasteiger partial charge in [0.05, 0.1) is 19.6 Å². The Kier molecular flexibility index (Phi) is 2.78. The van der Waals surface area contributed by atoms with E-state index in [2.05, 4.69) is 10.2 Å². The zero-order chi connectivity index (χ0) is 9.80. The molecule has 14 heavy (non-hydrogen) atoms. The van der Waals surface area contributed by atoms with Crippen LogP contribution in [0.2, 0.25) is 0 Å². The SMILES string of the molecule is O=C(Cc1ccn[nH]1)N1CCOCC1. The lowest BCUT2D eigenvalue weighted by molar-refractivity contribution is -0.134. The number of amides is 1. The van der Waals surface area contributed by atoms with Crippen LogP contribution < -0.4 is 0 Å². The molecule has 2 rings (SSSR count). The number of rotatable bonds is 2. The molecule has 0 unspecified atom stereocenters. The minimum atomic E-state index is 0.137. The molecular weight excluding hydrogens is 182 g/mol. The second kappa shape index (κ2) is 4.23. The molecule has 0 radical (unpaired) electrons. The van der Waals surface area contributed by atoms with Gasteiger partial charge in [0.15, 0.2) is 0 Å². The third-order valence-corrected chi connectivity index (χ3v) is 2.26. The van der Waals surface area contributed by atoms with Gasteiger partial charge in [-0.1, -0.05) is 0 Å². The van der Waals surface area contributed by atoms with E-state index in [0.717, 1.165) is 5.69 Å². The van der Waals surface area contributed by atoms with Crippen LogP contribution in [0.4, 0.5) is 0 Å². The molecule has 0 saturated carbocycles. The third kappa shape index (κ3) is 2.11. The minimum absolute atomic E-state index is 0.137. The van der Waals surface area contributed by atoms with Crippen LogP contribution in [0.3, 0.4) is 0 Å². The van der Waals surface area contributed by atoms with E-state index in [0.29, 0.717) is 32.7 Å². The van der Waals surface area contributed by atoms with E-state index < -0.39 is 0 Å². The van der Waals surface area contributed by atoms with Gasteiger partial charge in [-0.25, -0.2) is 0 Å². The zero-order valence-corrected chi connectivity index (χ0v) is 7.90. The topological polar surface area (TPSA) is 58.2 Å². The molecule has 1 N–H and O–H groups in total. The van der Waals surface area contributed by atoms with Crippen LogP contribution in [0.5, 0.6) is 0 Å². The van der Waals surface area contributed by atoms with Crippen molar-refractivity contribution < 1.29 is 9.53 Å². The summed E-state index contributed by atoms with van der Waals surface area (Å²) in [5, 5.41) is 6.58. The van der Waals surface area contributed by atoms with E-state index >= 15 is 0 Å². The van der Waals surface area contributed by atoms with Crippen LogP contribution in [-0.4, -0.2) is 47.3 Å². The molecule has 1 saturated heterocycles. The van der Waals surface area contributed by atoms with Crippen LogP contribution in [0, 0.1) is 0 Å². The van der Waals surface area contributed by atoms with Crippen molar-refractivity contribution in [2.75, 3.05) is 26.3 Å². The first-order valence-corrected chi connectivity index (χ1v) is 4.70. The summed E-state index contributed by atoms with van der Waals surface area (Å²) in [4.78, 5) is 13.5. The van der Waals surface area contributed by atoms with Gasteiger partial charge < -0.3 is 9.64 Å². The monoisotopic (exact) mass is 195 g/mol. The average Bonchev–Trinajstić information content (AvgIpc) is 2.72. The first-order valence-electron chi connectivity index (χ1n) is 4.70. The van der Waals surface area contributed by atoms with Crippen LogP contribution >= 0.6 is 0 Å². The van der Waals surface area contributed by atoms with Crippen molar-refractivity contribution in [3.05, 3.63) is 18.0 Å². The highest BCUT2D eigenvalue weighted by Crippen LogP contribution is 2.02. The average molecular weight is 195 g/mol. The van der Waals surface area contributed by atoms with Crippen LogP contribution in [0.1, 0.15) is 5.69 Å². The van der Waals surface area contributed by atoms with Gasteiger partial charge in [-0.3, -0.25) is 9.89 Å². The van der Waals surface area contributed by atoms with Crippen LogP contribution in [0.15, 0.2) is 12.3 Å². The fourth-order valence-corrected chi connectivity index (χ4v) is 1.47. The summed E-state index contributed by atoms with van der Waals surface area (Å²) < 4.78 is 5.17. The molecule has 5 heteroatoms. The molecule has 1 aliphatic heterocycles. The molecule has 1 aliphatic rings. The van der Waals surface area contributed by atoms with E-state index in [1.165, 1.54) is 0 Å². The van der Waals surface area contributed by atoms with Crippen molar-refractivity contribution in [1.29, 1.82) is 0 Å². The molecule has 1 fully saturated rings. The normalized spacial score (nSPS) is 17.0. The molecule has 2 heterocycles. The van der Waals surface area contributed by atoms with Crippen LogP contribution in [-0.2, 0) is 16.0 Å². The maximum absolute atomic E-state index is 11.7. The molecule has 76 valence electrons. The smallest absolute Gasteiger partial charge is 0.228 e. The number of nitrogens with zero attached hydrogens (tertiary/aromatic N) is 2. The Hall–Kier alpha value is -1.36. The van der Waals surface area contributed by atoms with E-state index in [4.69, 9.17) is 4.74 Å². The number of aromatic nitrogens is 2. The molecule has 0 aromatic carbocycles. The van der Waals surface area contributed by atoms with Gasteiger partial charge in [0.1, 0.15) is 0 Å². The highest BCUT2D eigenvalue weighted by molar-refractivity contribution is 5.78. The zero-order valence-electron chi connectivity index (χ0n) is 7.90. The van der Waals surface area contributed by atoms with Crippen molar-refractivity contribution >= 4 is 5.91 Å². The standard InChI is InChI=1S/C9H13N3O2/c13-9(7-8-1-2-10-11-8)12-3-5-14-6-4-12/h1-2H,3-7H2,(H,10,11). The summed E-state index contributed by atoms with van der Waals surface area (Å²) >= 11 is 0. The lowest BCUT2D eigenvalue weighted by atomic mass is 10.2. The van der Waals surface area contributed by atoms with Gasteiger partial charge in [0.25, 0.3) is 0 Å². The summed E-state index contributed by atoms with van der Waals surface area (Å²) in [6.45, 7) is 2.70. The second-order valence-electron chi connectivity index (χ2n) is 3.25. The summed E-state index contributed by atoms with van der Waals surface area (Å²) in [5.41, 5.74) is 0.862. The Morgan fingerprint density at radius 2 is 2.36 bits per heavy atom. The van der Waals surface area contributed by atoms with Gasteiger partial charge in [0, 0.05) is 25.0 Å². The number of hydrogen-bond acceptors (Lipinski definition) is 3. The van der Waals surface area contributed by atoms with E-state index in [-0.39, 0.29) is 5.91 Å². The van der Waals surface area contributed by atoms with Gasteiger partial charge in [-0.2, -0.15) is 5.10 Å². The Balaban J connectivity index is 1.88. The predicted molar refractivity (Wildman–Crippen MR) is 49.7 cm³/mol. The minimum Gasteiger partial charge on any atom is -0.378 e. The van der Waals surface area contributed by atoms with Crippen molar-refractivity contribution in [1.82, 2.24) is 15.1 Å². The van der Waals surface area contributed by atoms with Crippen molar-refractivity contribution in [2.24, 2.45) is 0 Å². The number of aromatic amines is 1. The summed E-state index contributed by atoms with van der Waals surface area (Å²) in [5.74, 6) is 0.137. The number of carbonyl (C=O) groups excluding carboxylic acids is 1. The molecule has 0 spiro atoms. The number of nitrogens with one attached hydrogen (secondary N) is 1. The predicted octanol–water partition coefficient (Wildman–Crippen LogP) is -0.189. The van der Waals surface area contributed by atoms with Crippen LogP contribution in [0.25, 0.3) is 0 Å². The Bertz CT molecular complexity index is 291. The van der Waals surface area contributed by atoms with E-state index in [9.17, 15) is 4.79 Å². The lowest BCUT2D eigenvalue weighted by Gasteiger charge is -2.26. The van der Waals surface area contributed by atoms with E-state index in [1.807, 2.05) is 11.0 Å². The first-order chi connectivity index (χ1) is 6.86. The molecule has 0 atom stereocenters. The number of ether oxygens (including phenoxy) is 1. The Labute approximate surface area is 82.0 Å². The summed E-state index contributed by atoms with van der Waals surface area (Å²) in [6.07, 6.45) is 2.06. The molecule has 1 aromatic heterocycles. The quantitative estimate of drug-likeness (QED) is 0.711. The molecule has 0 aliphatic carbocycles.